The minimum absolute atomic E-state index is 0.179. The lowest BCUT2D eigenvalue weighted by atomic mass is 10.1. The average Bonchev–Trinajstić information content (AvgIpc) is 2.62. The van der Waals surface area contributed by atoms with Gasteiger partial charge in [0.1, 0.15) is 0 Å². The molecular weight excluding hydrogens is 385 g/mol. The maximum Gasteiger partial charge on any atom is 0.276 e. The van der Waals surface area contributed by atoms with Crippen LogP contribution in [0.3, 0.4) is 0 Å². The third kappa shape index (κ3) is 4.21. The van der Waals surface area contributed by atoms with Crippen LogP contribution in [0.2, 0.25) is 10.0 Å². The van der Waals surface area contributed by atoms with Gasteiger partial charge in [0.15, 0.2) is 5.69 Å². The number of carbonyl (C=O) groups is 1. The van der Waals surface area contributed by atoms with Gasteiger partial charge >= 0.3 is 0 Å². The van der Waals surface area contributed by atoms with Crippen molar-refractivity contribution in [3.8, 4) is 5.69 Å². The molecule has 138 valence electrons. The number of para-hydroxylation sites is 1. The van der Waals surface area contributed by atoms with Crippen molar-refractivity contribution in [3.63, 3.8) is 0 Å². The minimum Gasteiger partial charge on any atom is -0.344 e. The highest BCUT2D eigenvalue weighted by Crippen LogP contribution is 2.26. The van der Waals surface area contributed by atoms with Crippen molar-refractivity contribution in [1.82, 2.24) is 15.1 Å². The number of hydrogen-bond donors (Lipinski definition) is 1. The van der Waals surface area contributed by atoms with Crippen LogP contribution in [0.1, 0.15) is 34.7 Å². The fraction of sp³-hybridized carbons (Fsp3) is 0.150. The number of aromatic nitrogens is 2. The first-order valence-electron chi connectivity index (χ1n) is 8.29. The SMILES string of the molecule is Cc1cc(=O)c(C(=O)NC(C)c2ccc(Cl)cc2Cl)nn1-c1ccccc1. The highest BCUT2D eigenvalue weighted by molar-refractivity contribution is 6.35. The molecule has 1 aromatic heterocycles. The molecule has 3 rings (SSSR count). The Balaban J connectivity index is 1.91. The zero-order chi connectivity index (χ0) is 19.6. The Morgan fingerprint density at radius 1 is 1.11 bits per heavy atom. The molecule has 7 heteroatoms. The van der Waals surface area contributed by atoms with Crippen LogP contribution in [-0.4, -0.2) is 15.7 Å². The molecule has 3 aromatic rings. The van der Waals surface area contributed by atoms with E-state index in [-0.39, 0.29) is 5.69 Å². The molecule has 1 unspecified atom stereocenters. The van der Waals surface area contributed by atoms with Crippen LogP contribution in [-0.2, 0) is 0 Å². The summed E-state index contributed by atoms with van der Waals surface area (Å²) in [5, 5.41) is 7.98. The van der Waals surface area contributed by atoms with Crippen LogP contribution in [0.15, 0.2) is 59.4 Å². The van der Waals surface area contributed by atoms with Crippen molar-refractivity contribution < 1.29 is 4.79 Å². The molecule has 0 saturated carbocycles. The summed E-state index contributed by atoms with van der Waals surface area (Å²) in [5.74, 6) is -0.566. The summed E-state index contributed by atoms with van der Waals surface area (Å²) in [4.78, 5) is 25.0. The Hall–Kier alpha value is -2.63. The van der Waals surface area contributed by atoms with Gasteiger partial charge in [0.2, 0.25) is 5.43 Å². The van der Waals surface area contributed by atoms with E-state index in [2.05, 4.69) is 10.4 Å². The normalized spacial score (nSPS) is 11.9. The van der Waals surface area contributed by atoms with Gasteiger partial charge in [-0.25, -0.2) is 4.68 Å². The number of rotatable bonds is 4. The summed E-state index contributed by atoms with van der Waals surface area (Å²) in [6, 6.07) is 15.3. The van der Waals surface area contributed by atoms with E-state index in [9.17, 15) is 9.59 Å². The summed E-state index contributed by atoms with van der Waals surface area (Å²) in [6.07, 6.45) is 0. The Morgan fingerprint density at radius 2 is 1.81 bits per heavy atom. The van der Waals surface area contributed by atoms with Gasteiger partial charge < -0.3 is 5.32 Å². The summed E-state index contributed by atoms with van der Waals surface area (Å²) in [6.45, 7) is 3.54. The Morgan fingerprint density at radius 3 is 2.48 bits per heavy atom. The van der Waals surface area contributed by atoms with Crippen LogP contribution < -0.4 is 10.7 Å². The van der Waals surface area contributed by atoms with E-state index in [1.165, 1.54) is 6.07 Å². The summed E-state index contributed by atoms with van der Waals surface area (Å²) in [7, 11) is 0. The smallest absolute Gasteiger partial charge is 0.276 e. The zero-order valence-corrected chi connectivity index (χ0v) is 16.3. The highest BCUT2D eigenvalue weighted by atomic mass is 35.5. The molecule has 0 bridgehead atoms. The van der Waals surface area contributed by atoms with Gasteiger partial charge in [-0.05, 0) is 43.7 Å². The molecule has 1 N–H and O–H groups in total. The highest BCUT2D eigenvalue weighted by Gasteiger charge is 2.19. The zero-order valence-electron chi connectivity index (χ0n) is 14.7. The van der Waals surface area contributed by atoms with Crippen LogP contribution in [0, 0.1) is 6.92 Å². The van der Waals surface area contributed by atoms with Crippen LogP contribution in [0.5, 0.6) is 0 Å². The fourth-order valence-corrected chi connectivity index (χ4v) is 3.30. The van der Waals surface area contributed by atoms with Gasteiger partial charge in [-0.1, -0.05) is 47.5 Å². The molecule has 0 spiro atoms. The molecule has 5 nitrogen and oxygen atoms in total. The quantitative estimate of drug-likeness (QED) is 0.706. The van der Waals surface area contributed by atoms with Crippen molar-refractivity contribution in [2.24, 2.45) is 0 Å². The third-order valence-corrected chi connectivity index (χ3v) is 4.66. The van der Waals surface area contributed by atoms with Crippen LogP contribution in [0.25, 0.3) is 5.69 Å². The fourth-order valence-electron chi connectivity index (χ4n) is 2.73. The molecule has 0 aliphatic rings. The summed E-state index contributed by atoms with van der Waals surface area (Å²) in [5.41, 5.74) is 1.48. The van der Waals surface area contributed by atoms with Crippen molar-refractivity contribution >= 4 is 29.1 Å². The van der Waals surface area contributed by atoms with Crippen LogP contribution in [0.4, 0.5) is 0 Å². The van der Waals surface area contributed by atoms with Gasteiger partial charge in [-0.15, -0.1) is 0 Å². The van der Waals surface area contributed by atoms with E-state index in [0.717, 1.165) is 5.69 Å². The summed E-state index contributed by atoms with van der Waals surface area (Å²) < 4.78 is 1.57. The second kappa shape index (κ2) is 7.94. The monoisotopic (exact) mass is 401 g/mol. The second-order valence-corrected chi connectivity index (χ2v) is 6.95. The Kier molecular flexibility index (Phi) is 5.63. The van der Waals surface area contributed by atoms with Gasteiger partial charge in [0, 0.05) is 21.8 Å². The van der Waals surface area contributed by atoms with E-state index in [4.69, 9.17) is 23.2 Å². The molecule has 27 heavy (non-hydrogen) atoms. The number of halogens is 2. The predicted octanol–water partition coefficient (Wildman–Crippen LogP) is 4.34. The number of carbonyl (C=O) groups excluding carboxylic acids is 1. The van der Waals surface area contributed by atoms with E-state index in [0.29, 0.717) is 21.3 Å². The van der Waals surface area contributed by atoms with Gasteiger partial charge in [-0.3, -0.25) is 9.59 Å². The molecule has 1 amide bonds. The maximum absolute atomic E-state index is 12.7. The minimum atomic E-state index is -0.566. The molecular formula is C20H17Cl2N3O2. The lowest BCUT2D eigenvalue weighted by Gasteiger charge is -2.16. The number of aryl methyl sites for hydroxylation is 1. The number of nitrogens with zero attached hydrogens (tertiary/aromatic N) is 2. The lowest BCUT2D eigenvalue weighted by molar-refractivity contribution is 0.0932. The molecule has 1 atom stereocenters. The van der Waals surface area contributed by atoms with Crippen LogP contribution >= 0.6 is 23.2 Å². The van der Waals surface area contributed by atoms with Crippen molar-refractivity contribution in [1.29, 1.82) is 0 Å². The molecule has 0 aliphatic carbocycles. The van der Waals surface area contributed by atoms with E-state index < -0.39 is 17.4 Å². The first-order chi connectivity index (χ1) is 12.9. The van der Waals surface area contributed by atoms with Gasteiger partial charge in [0.25, 0.3) is 5.91 Å². The van der Waals surface area contributed by atoms with Gasteiger partial charge in [-0.2, -0.15) is 5.10 Å². The molecule has 2 aromatic carbocycles. The average molecular weight is 402 g/mol. The van der Waals surface area contributed by atoms with Gasteiger partial charge in [0.05, 0.1) is 11.7 Å². The predicted molar refractivity (Wildman–Crippen MR) is 107 cm³/mol. The standard InChI is InChI=1S/C20H17Cl2N3O2/c1-12-10-18(26)19(24-25(12)15-6-4-3-5-7-15)20(27)23-13(2)16-9-8-14(21)11-17(16)22/h3-11,13H,1-2H3,(H,23,27). The number of nitrogens with one attached hydrogen (secondary N) is 1. The molecule has 0 radical (unpaired) electrons. The third-order valence-electron chi connectivity index (χ3n) is 4.10. The largest absolute Gasteiger partial charge is 0.344 e. The van der Waals surface area contributed by atoms with E-state index in [1.807, 2.05) is 30.3 Å². The molecule has 1 heterocycles. The van der Waals surface area contributed by atoms with Crippen molar-refractivity contribution in [2.75, 3.05) is 0 Å². The second-order valence-electron chi connectivity index (χ2n) is 6.11. The molecule has 0 fully saturated rings. The van der Waals surface area contributed by atoms with E-state index >= 15 is 0 Å². The topological polar surface area (TPSA) is 64.0 Å². The molecule has 0 saturated heterocycles. The summed E-state index contributed by atoms with van der Waals surface area (Å²) >= 11 is 12.1. The first kappa shape index (κ1) is 19.1. The number of hydrogen-bond acceptors (Lipinski definition) is 3. The number of benzene rings is 2. The van der Waals surface area contributed by atoms with Crippen molar-refractivity contribution in [3.05, 3.63) is 91.8 Å². The van der Waals surface area contributed by atoms with E-state index in [1.54, 1.807) is 36.7 Å². The lowest BCUT2D eigenvalue weighted by Crippen LogP contribution is -2.33. The van der Waals surface area contributed by atoms with Crippen molar-refractivity contribution in [2.45, 2.75) is 19.9 Å². The molecule has 0 aliphatic heterocycles. The Bertz CT molecular complexity index is 1050. The maximum atomic E-state index is 12.7. The Labute approximate surface area is 166 Å². The first-order valence-corrected chi connectivity index (χ1v) is 9.04. The number of amides is 1.